The van der Waals surface area contributed by atoms with E-state index in [1.807, 2.05) is 0 Å². The molecule has 1 rings (SSSR count). The van der Waals surface area contributed by atoms with Gasteiger partial charge in [0.05, 0.1) is 4.92 Å². The molecule has 0 radical (unpaired) electrons. The summed E-state index contributed by atoms with van der Waals surface area (Å²) in [6.07, 6.45) is 0. The average molecular weight is 266 g/mol. The van der Waals surface area contributed by atoms with Crippen LogP contribution in [0.1, 0.15) is 20.8 Å². The van der Waals surface area contributed by atoms with Crippen molar-refractivity contribution in [1.82, 2.24) is 4.90 Å². The lowest BCUT2D eigenvalue weighted by molar-refractivity contribution is -0.383. The van der Waals surface area contributed by atoms with Gasteiger partial charge >= 0.3 is 0 Å². The number of nitrogens with zero attached hydrogens (tertiary/aromatic N) is 2. The minimum absolute atomic E-state index is 0.0538. The minimum Gasteiger partial charge on any atom is -0.393 e. The summed E-state index contributed by atoms with van der Waals surface area (Å²) >= 11 is 0. The molecule has 6 nitrogen and oxygen atoms in total. The summed E-state index contributed by atoms with van der Waals surface area (Å²) in [5, 5.41) is 14.0. The Balaban J connectivity index is 2.67. The standard InChI is InChI=1S/C13H22N4O2/c1-4-16(5-2)9-10(3)15-11-6-7-13(17(18)19)12(14)8-11/h6-8,10,15H,4-5,9,14H2,1-3H3. The van der Waals surface area contributed by atoms with Crippen molar-refractivity contribution in [3.8, 4) is 0 Å². The number of benzene rings is 1. The van der Waals surface area contributed by atoms with Crippen LogP contribution < -0.4 is 11.1 Å². The van der Waals surface area contributed by atoms with E-state index >= 15 is 0 Å². The van der Waals surface area contributed by atoms with Gasteiger partial charge in [-0.05, 0) is 32.1 Å². The molecule has 0 aromatic heterocycles. The lowest BCUT2D eigenvalue weighted by Crippen LogP contribution is -2.34. The molecule has 1 atom stereocenters. The maximum atomic E-state index is 10.7. The number of nitrogens with two attached hydrogens (primary N) is 1. The van der Waals surface area contributed by atoms with Crippen molar-refractivity contribution in [2.75, 3.05) is 30.7 Å². The highest BCUT2D eigenvalue weighted by molar-refractivity contribution is 5.66. The second-order valence-corrected chi connectivity index (χ2v) is 4.56. The number of nitro groups is 1. The Kier molecular flexibility index (Phi) is 5.57. The molecule has 0 aliphatic heterocycles. The van der Waals surface area contributed by atoms with Crippen molar-refractivity contribution in [1.29, 1.82) is 0 Å². The van der Waals surface area contributed by atoms with Gasteiger partial charge < -0.3 is 16.0 Å². The topological polar surface area (TPSA) is 84.4 Å². The first-order chi connectivity index (χ1) is 8.97. The fourth-order valence-corrected chi connectivity index (χ4v) is 2.01. The van der Waals surface area contributed by atoms with Gasteiger partial charge in [-0.1, -0.05) is 13.8 Å². The monoisotopic (exact) mass is 266 g/mol. The smallest absolute Gasteiger partial charge is 0.292 e. The van der Waals surface area contributed by atoms with E-state index in [9.17, 15) is 10.1 Å². The molecule has 0 saturated heterocycles. The average Bonchev–Trinajstić information content (AvgIpc) is 2.35. The maximum Gasteiger partial charge on any atom is 0.292 e. The normalized spacial score (nSPS) is 12.4. The summed E-state index contributed by atoms with van der Waals surface area (Å²) < 4.78 is 0. The van der Waals surface area contributed by atoms with Crippen molar-refractivity contribution in [3.05, 3.63) is 28.3 Å². The molecule has 3 N–H and O–H groups in total. The van der Waals surface area contributed by atoms with Gasteiger partial charge in [-0.3, -0.25) is 10.1 Å². The van der Waals surface area contributed by atoms with E-state index in [1.165, 1.54) is 6.07 Å². The third kappa shape index (κ3) is 4.40. The van der Waals surface area contributed by atoms with Crippen molar-refractivity contribution < 1.29 is 4.92 Å². The first-order valence-electron chi connectivity index (χ1n) is 6.50. The van der Waals surface area contributed by atoms with Crippen LogP contribution in [0.15, 0.2) is 18.2 Å². The molecule has 106 valence electrons. The number of hydrogen-bond acceptors (Lipinski definition) is 5. The summed E-state index contributed by atoms with van der Waals surface area (Å²) in [6, 6.07) is 4.98. The van der Waals surface area contributed by atoms with Crippen molar-refractivity contribution >= 4 is 17.1 Å². The van der Waals surface area contributed by atoms with Gasteiger partial charge in [-0.25, -0.2) is 0 Å². The van der Waals surface area contributed by atoms with Crippen LogP contribution in [0.25, 0.3) is 0 Å². The van der Waals surface area contributed by atoms with Crippen LogP contribution in [-0.2, 0) is 0 Å². The molecule has 0 spiro atoms. The van der Waals surface area contributed by atoms with Gasteiger partial charge in [0.2, 0.25) is 0 Å². The second-order valence-electron chi connectivity index (χ2n) is 4.56. The van der Waals surface area contributed by atoms with Gasteiger partial charge in [0.15, 0.2) is 0 Å². The maximum absolute atomic E-state index is 10.7. The van der Waals surface area contributed by atoms with E-state index in [0.717, 1.165) is 25.3 Å². The molecule has 0 saturated carbocycles. The van der Waals surface area contributed by atoms with Crippen LogP contribution in [0.5, 0.6) is 0 Å². The molecule has 0 aliphatic carbocycles. The molecule has 0 bridgehead atoms. The van der Waals surface area contributed by atoms with E-state index in [2.05, 4.69) is 31.0 Å². The van der Waals surface area contributed by atoms with Crippen LogP contribution in [0, 0.1) is 10.1 Å². The molecule has 0 amide bonds. The van der Waals surface area contributed by atoms with Crippen LogP contribution in [0.4, 0.5) is 17.1 Å². The highest BCUT2D eigenvalue weighted by atomic mass is 16.6. The van der Waals surface area contributed by atoms with E-state index in [0.29, 0.717) is 0 Å². The molecule has 1 aromatic carbocycles. The third-order valence-electron chi connectivity index (χ3n) is 3.06. The van der Waals surface area contributed by atoms with Crippen LogP contribution >= 0.6 is 0 Å². The SMILES string of the molecule is CCN(CC)CC(C)Nc1ccc([N+](=O)[O-])c(N)c1. The molecule has 19 heavy (non-hydrogen) atoms. The molecule has 0 fully saturated rings. The highest BCUT2D eigenvalue weighted by Crippen LogP contribution is 2.24. The van der Waals surface area contributed by atoms with Crippen LogP contribution in [0.2, 0.25) is 0 Å². The number of anilines is 2. The molecule has 6 heteroatoms. The quantitative estimate of drug-likeness (QED) is 0.449. The summed E-state index contributed by atoms with van der Waals surface area (Å²) in [7, 11) is 0. The molecule has 1 unspecified atom stereocenters. The van der Waals surface area contributed by atoms with Gasteiger partial charge in [-0.2, -0.15) is 0 Å². The molecule has 1 aromatic rings. The zero-order valence-electron chi connectivity index (χ0n) is 11.7. The Morgan fingerprint density at radius 1 is 1.42 bits per heavy atom. The molecule has 0 heterocycles. The van der Waals surface area contributed by atoms with Crippen LogP contribution in [0.3, 0.4) is 0 Å². The van der Waals surface area contributed by atoms with Gasteiger partial charge in [0.1, 0.15) is 5.69 Å². The summed E-state index contributed by atoms with van der Waals surface area (Å²) in [5.74, 6) is 0. The Labute approximate surface area is 113 Å². The number of likely N-dealkylation sites (N-methyl/N-ethyl adjacent to an activating group) is 1. The summed E-state index contributed by atoms with van der Waals surface area (Å²) in [6.45, 7) is 9.26. The Bertz CT molecular complexity index is 433. The van der Waals surface area contributed by atoms with Gasteiger partial charge in [0, 0.05) is 24.3 Å². The highest BCUT2D eigenvalue weighted by Gasteiger charge is 2.12. The van der Waals surface area contributed by atoms with E-state index in [4.69, 9.17) is 5.73 Å². The van der Waals surface area contributed by atoms with Crippen molar-refractivity contribution in [2.45, 2.75) is 26.8 Å². The molecule has 0 aliphatic rings. The lowest BCUT2D eigenvalue weighted by atomic mass is 10.2. The number of nitro benzene ring substituents is 1. The van der Waals surface area contributed by atoms with E-state index < -0.39 is 4.92 Å². The van der Waals surface area contributed by atoms with Crippen molar-refractivity contribution in [3.63, 3.8) is 0 Å². The van der Waals surface area contributed by atoms with Gasteiger partial charge in [-0.15, -0.1) is 0 Å². The predicted octanol–water partition coefficient (Wildman–Crippen LogP) is 2.32. The second kappa shape index (κ2) is 6.94. The third-order valence-corrected chi connectivity index (χ3v) is 3.06. The first-order valence-corrected chi connectivity index (χ1v) is 6.50. The minimum atomic E-state index is -0.474. The zero-order chi connectivity index (χ0) is 14.4. The van der Waals surface area contributed by atoms with Gasteiger partial charge in [0.25, 0.3) is 5.69 Å². The number of nitrogens with one attached hydrogen (secondary N) is 1. The summed E-state index contributed by atoms with van der Waals surface area (Å²) in [5.41, 5.74) is 6.60. The Morgan fingerprint density at radius 2 is 2.05 bits per heavy atom. The Hall–Kier alpha value is -1.82. The fraction of sp³-hybridized carbons (Fsp3) is 0.538. The van der Waals surface area contributed by atoms with E-state index in [1.54, 1.807) is 12.1 Å². The fourth-order valence-electron chi connectivity index (χ4n) is 2.01. The first kappa shape index (κ1) is 15.2. The van der Waals surface area contributed by atoms with E-state index in [-0.39, 0.29) is 17.4 Å². The number of nitrogen functional groups attached to an aromatic ring is 1. The summed E-state index contributed by atoms with van der Waals surface area (Å²) in [4.78, 5) is 12.5. The molecular formula is C13H22N4O2. The largest absolute Gasteiger partial charge is 0.393 e. The Morgan fingerprint density at radius 3 is 2.53 bits per heavy atom. The van der Waals surface area contributed by atoms with Crippen molar-refractivity contribution in [2.24, 2.45) is 0 Å². The van der Waals surface area contributed by atoms with Crippen LogP contribution in [-0.4, -0.2) is 35.5 Å². The predicted molar refractivity (Wildman–Crippen MR) is 78.4 cm³/mol. The molecular weight excluding hydrogens is 244 g/mol. The number of hydrogen-bond donors (Lipinski definition) is 2. The lowest BCUT2D eigenvalue weighted by Gasteiger charge is -2.24. The zero-order valence-corrected chi connectivity index (χ0v) is 11.7. The number of rotatable bonds is 7.